The van der Waals surface area contributed by atoms with Gasteiger partial charge in [0.15, 0.2) is 0 Å². The van der Waals surface area contributed by atoms with E-state index in [1.165, 1.54) is 12.3 Å². The predicted molar refractivity (Wildman–Crippen MR) is 78.8 cm³/mol. The van der Waals surface area contributed by atoms with Crippen LogP contribution in [0, 0.1) is 0 Å². The predicted octanol–water partition coefficient (Wildman–Crippen LogP) is 2.25. The quantitative estimate of drug-likeness (QED) is 0.308. The molecule has 0 unspecified atom stereocenters. The van der Waals surface area contributed by atoms with E-state index < -0.39 is 0 Å². The Morgan fingerprint density at radius 1 is 1.00 bits per heavy atom. The van der Waals surface area contributed by atoms with Gasteiger partial charge >= 0.3 is 16.5 Å². The molecule has 0 fully saturated rings. The molecule has 0 amide bonds. The van der Waals surface area contributed by atoms with Crippen LogP contribution in [-0.2, 0) is 29.1 Å². The van der Waals surface area contributed by atoms with Crippen LogP contribution in [0.5, 0.6) is 5.75 Å². The molecular formula is C14H13N3NiOS. The zero-order valence-electron chi connectivity index (χ0n) is 10.5. The van der Waals surface area contributed by atoms with E-state index in [0.717, 1.165) is 5.56 Å². The standard InChI is InChI=1S/C14H12N2OS.H3N.Ni/c17-13-9-5-4-8-12(13)10-15-16-14(18)11-6-2-1-3-7-11;;/h1-10,17H,(H,16,18);1H3;/q;;+2/p-2/b15-10+;;. The molecule has 0 saturated heterocycles. The van der Waals surface area contributed by atoms with E-state index in [0.29, 0.717) is 10.6 Å². The average molecular weight is 330 g/mol. The molecule has 0 heterocycles. The fourth-order valence-corrected chi connectivity index (χ4v) is 1.55. The number of benzene rings is 2. The summed E-state index contributed by atoms with van der Waals surface area (Å²) in [7, 11) is 0. The van der Waals surface area contributed by atoms with Crippen LogP contribution in [0.25, 0.3) is 0 Å². The summed E-state index contributed by atoms with van der Waals surface area (Å²) in [6.07, 6.45) is 1.41. The molecule has 0 aromatic heterocycles. The fraction of sp³-hybridized carbons (Fsp3) is 0. The molecule has 0 spiro atoms. The maximum absolute atomic E-state index is 11.4. The van der Waals surface area contributed by atoms with Crippen molar-refractivity contribution in [3.8, 4) is 5.75 Å². The average Bonchev–Trinajstić information content (AvgIpc) is 2.42. The second kappa shape index (κ2) is 9.20. The van der Waals surface area contributed by atoms with Crippen molar-refractivity contribution in [2.45, 2.75) is 0 Å². The van der Waals surface area contributed by atoms with Gasteiger partial charge in [0.05, 0.1) is 6.21 Å². The Morgan fingerprint density at radius 2 is 1.60 bits per heavy atom. The van der Waals surface area contributed by atoms with Crippen LogP contribution in [-0.4, -0.2) is 11.3 Å². The largest absolute Gasteiger partial charge is 2.00 e. The summed E-state index contributed by atoms with van der Waals surface area (Å²) in [5, 5.41) is 19.5. The maximum atomic E-state index is 11.4. The van der Waals surface area contributed by atoms with Crippen molar-refractivity contribution in [2.75, 3.05) is 0 Å². The summed E-state index contributed by atoms with van der Waals surface area (Å²) in [5.74, 6) is -0.0814. The summed E-state index contributed by atoms with van der Waals surface area (Å²) < 4.78 is 0. The number of hydrogen-bond acceptors (Lipinski definition) is 5. The Balaban J connectivity index is 0.00000180. The summed E-state index contributed by atoms with van der Waals surface area (Å²) in [4.78, 5) is 0. The van der Waals surface area contributed by atoms with E-state index in [-0.39, 0.29) is 28.4 Å². The van der Waals surface area contributed by atoms with E-state index in [9.17, 15) is 5.11 Å². The van der Waals surface area contributed by atoms with E-state index in [2.05, 4.69) is 10.2 Å². The van der Waals surface area contributed by atoms with Gasteiger partial charge in [-0.15, -0.1) is 0 Å². The number of nitrogens with zero attached hydrogens (tertiary/aromatic N) is 2. The summed E-state index contributed by atoms with van der Waals surface area (Å²) in [6.45, 7) is 0. The van der Waals surface area contributed by atoms with E-state index in [1.807, 2.05) is 30.3 Å². The Labute approximate surface area is 133 Å². The molecule has 106 valence electrons. The third-order valence-corrected chi connectivity index (χ3v) is 2.60. The monoisotopic (exact) mass is 329 g/mol. The molecule has 0 bridgehead atoms. The zero-order chi connectivity index (χ0) is 12.8. The Morgan fingerprint density at radius 3 is 2.25 bits per heavy atom. The molecule has 0 saturated carbocycles. The van der Waals surface area contributed by atoms with E-state index in [1.54, 1.807) is 18.2 Å². The van der Waals surface area contributed by atoms with Crippen molar-refractivity contribution in [2.24, 2.45) is 10.2 Å². The van der Waals surface area contributed by atoms with Crippen LogP contribution >= 0.6 is 0 Å². The minimum atomic E-state index is -0.0814. The molecular weight excluding hydrogens is 317 g/mol. The molecule has 20 heavy (non-hydrogen) atoms. The molecule has 6 heteroatoms. The first-order valence-corrected chi connectivity index (χ1v) is 5.78. The molecule has 0 radical (unpaired) electrons. The normalized spacial score (nSPS) is 10.7. The second-order valence-electron chi connectivity index (χ2n) is 3.55. The van der Waals surface area contributed by atoms with Gasteiger partial charge in [-0.05, 0) is 11.1 Å². The van der Waals surface area contributed by atoms with Crippen LogP contribution in [0.4, 0.5) is 0 Å². The van der Waals surface area contributed by atoms with Gasteiger partial charge in [-0.3, -0.25) is 0 Å². The van der Waals surface area contributed by atoms with Crippen molar-refractivity contribution >= 4 is 23.9 Å². The Bertz CT molecular complexity index is 588. The summed E-state index contributed by atoms with van der Waals surface area (Å²) in [5.41, 5.74) is 1.33. The SMILES string of the molecule is N.[Ni+2].[O-]c1ccccc1/C=N/N=C(\[S-])c1ccccc1. The first-order valence-electron chi connectivity index (χ1n) is 5.37. The van der Waals surface area contributed by atoms with Gasteiger partial charge in [0.1, 0.15) is 0 Å². The second-order valence-corrected chi connectivity index (χ2v) is 3.94. The van der Waals surface area contributed by atoms with Gasteiger partial charge in [-0.1, -0.05) is 65.4 Å². The summed E-state index contributed by atoms with van der Waals surface area (Å²) >= 11 is 5.11. The van der Waals surface area contributed by atoms with Crippen LogP contribution in [0.15, 0.2) is 64.8 Å². The molecule has 0 atom stereocenters. The molecule has 2 rings (SSSR count). The van der Waals surface area contributed by atoms with Crippen molar-refractivity contribution in [3.63, 3.8) is 0 Å². The first-order chi connectivity index (χ1) is 8.77. The minimum absolute atomic E-state index is 0. The van der Waals surface area contributed by atoms with Crippen molar-refractivity contribution in [1.29, 1.82) is 0 Å². The van der Waals surface area contributed by atoms with Crippen LogP contribution in [0.1, 0.15) is 11.1 Å². The van der Waals surface area contributed by atoms with Crippen LogP contribution in [0.2, 0.25) is 0 Å². The molecule has 2 aromatic rings. The van der Waals surface area contributed by atoms with Gasteiger partial charge in [0, 0.05) is 0 Å². The van der Waals surface area contributed by atoms with Crippen LogP contribution < -0.4 is 11.3 Å². The Kier molecular flexibility index (Phi) is 8.40. The van der Waals surface area contributed by atoms with Gasteiger partial charge < -0.3 is 23.9 Å². The maximum Gasteiger partial charge on any atom is 2.00 e. The van der Waals surface area contributed by atoms with Crippen LogP contribution in [0.3, 0.4) is 0 Å². The zero-order valence-corrected chi connectivity index (χ0v) is 12.3. The van der Waals surface area contributed by atoms with E-state index >= 15 is 0 Å². The third-order valence-electron chi connectivity index (χ3n) is 2.29. The number of rotatable bonds is 3. The van der Waals surface area contributed by atoms with Crippen molar-refractivity contribution in [1.82, 2.24) is 6.15 Å². The minimum Gasteiger partial charge on any atom is -0.872 e. The summed E-state index contributed by atoms with van der Waals surface area (Å²) in [6, 6.07) is 16.0. The first kappa shape index (κ1) is 18.3. The topological polar surface area (TPSA) is 82.8 Å². The van der Waals surface area contributed by atoms with Crippen molar-refractivity contribution in [3.05, 3.63) is 65.7 Å². The Hall–Kier alpha value is -1.75. The molecule has 0 aliphatic carbocycles. The van der Waals surface area contributed by atoms with E-state index in [4.69, 9.17) is 12.6 Å². The molecule has 3 N–H and O–H groups in total. The third kappa shape index (κ3) is 5.09. The number of hydrogen-bond donors (Lipinski definition) is 1. The van der Waals surface area contributed by atoms with Gasteiger partial charge in [-0.2, -0.15) is 10.2 Å². The number of para-hydroxylation sites is 1. The van der Waals surface area contributed by atoms with Gasteiger partial charge in [0.25, 0.3) is 0 Å². The van der Waals surface area contributed by atoms with Crippen molar-refractivity contribution < 1.29 is 21.6 Å². The smallest absolute Gasteiger partial charge is 0.872 e. The fourth-order valence-electron chi connectivity index (χ4n) is 1.37. The molecule has 0 aliphatic rings. The molecule has 0 aliphatic heterocycles. The van der Waals surface area contributed by atoms with Gasteiger partial charge in [-0.25, -0.2) is 0 Å². The molecule has 4 nitrogen and oxygen atoms in total. The van der Waals surface area contributed by atoms with Gasteiger partial charge in [0.2, 0.25) is 0 Å². The molecule has 2 aromatic carbocycles.